The summed E-state index contributed by atoms with van der Waals surface area (Å²) in [6.07, 6.45) is 0. The van der Waals surface area contributed by atoms with Gasteiger partial charge in [-0.1, -0.05) is 20.8 Å². The topological polar surface area (TPSA) is 18.5 Å². The third-order valence-electron chi connectivity index (χ3n) is 0.612. The number of hydrogen-bond acceptors (Lipinski definition) is 2. The van der Waals surface area contributed by atoms with Crippen molar-refractivity contribution in [1.82, 2.24) is 0 Å². The van der Waals surface area contributed by atoms with Crippen molar-refractivity contribution in [2.24, 2.45) is 5.92 Å². The van der Waals surface area contributed by atoms with E-state index in [1.165, 1.54) is 0 Å². The summed E-state index contributed by atoms with van der Waals surface area (Å²) in [6, 6.07) is 0. The molecule has 2 nitrogen and oxygen atoms in total. The van der Waals surface area contributed by atoms with Gasteiger partial charge in [0, 0.05) is 21.3 Å². The van der Waals surface area contributed by atoms with Gasteiger partial charge in [-0.05, 0) is 26.7 Å². The molecule has 0 aromatic rings. The molecule has 0 amide bonds. The molecule has 0 unspecified atom stereocenters. The van der Waals surface area contributed by atoms with Gasteiger partial charge in [0.1, 0.15) is 0 Å². The molecule has 0 aliphatic carbocycles. The molecule has 0 radical (unpaired) electrons. The number of methoxy groups -OCH3 is 2. The van der Waals surface area contributed by atoms with E-state index in [0.717, 1.165) is 5.92 Å². The molecule has 0 fully saturated rings. The van der Waals surface area contributed by atoms with E-state index < -0.39 is 0 Å². The summed E-state index contributed by atoms with van der Waals surface area (Å²) in [7, 11) is 4.96. The minimum absolute atomic E-state index is 0.0417. The summed E-state index contributed by atoms with van der Waals surface area (Å²) in [5.41, 5.74) is 0.0417. The van der Waals surface area contributed by atoms with Crippen molar-refractivity contribution in [3.05, 3.63) is 0 Å². The van der Waals surface area contributed by atoms with Crippen LogP contribution in [0.4, 0.5) is 0 Å². The fraction of sp³-hybridized carbons (Fsp3) is 1.00. The Labute approximate surface area is 84.6 Å². The van der Waals surface area contributed by atoms with Crippen LogP contribution in [0, 0.1) is 5.92 Å². The molecule has 84 valence electrons. The van der Waals surface area contributed by atoms with Crippen molar-refractivity contribution < 1.29 is 9.47 Å². The molecule has 0 N–H and O–H groups in total. The van der Waals surface area contributed by atoms with Gasteiger partial charge in [0.25, 0.3) is 0 Å². The highest BCUT2D eigenvalue weighted by Gasteiger charge is 2.03. The van der Waals surface area contributed by atoms with E-state index in [1.54, 1.807) is 21.3 Å². The van der Waals surface area contributed by atoms with Crippen LogP contribution in [-0.4, -0.2) is 26.9 Å². The van der Waals surface area contributed by atoms with E-state index in [1.807, 2.05) is 20.8 Å². The van der Waals surface area contributed by atoms with Crippen LogP contribution in [0.5, 0.6) is 0 Å². The predicted octanol–water partition coefficient (Wildman–Crippen LogP) is 3.36. The molecule has 0 atom stereocenters. The first kappa shape index (κ1) is 18.7. The van der Waals surface area contributed by atoms with E-state index in [9.17, 15) is 0 Å². The second-order valence-corrected chi connectivity index (χ2v) is 4.46. The minimum atomic E-state index is 0.0417. The molecule has 0 heterocycles. The zero-order chi connectivity index (χ0) is 11.5. The van der Waals surface area contributed by atoms with Gasteiger partial charge in [0.15, 0.2) is 0 Å². The highest BCUT2D eigenvalue weighted by atomic mass is 16.5. The summed E-state index contributed by atoms with van der Waals surface area (Å²) in [4.78, 5) is 0. The second kappa shape index (κ2) is 11.9. The minimum Gasteiger partial charge on any atom is -0.388 e. The SMILES string of the molecule is CC(C)C.COC.COC(C)(C)C. The lowest BCUT2D eigenvalue weighted by molar-refractivity contribution is 0.0397. The Morgan fingerprint density at radius 3 is 0.923 bits per heavy atom. The molecule has 13 heavy (non-hydrogen) atoms. The van der Waals surface area contributed by atoms with Crippen molar-refractivity contribution in [3.63, 3.8) is 0 Å². The molecule has 0 aliphatic heterocycles. The highest BCUT2D eigenvalue weighted by molar-refractivity contribution is 4.55. The lowest BCUT2D eigenvalue weighted by Crippen LogP contribution is -2.15. The van der Waals surface area contributed by atoms with E-state index in [2.05, 4.69) is 25.5 Å². The first-order valence-electron chi connectivity index (χ1n) is 4.66. The zero-order valence-electron chi connectivity index (χ0n) is 10.9. The normalized spacial score (nSPS) is 9.69. The molecule has 0 rings (SSSR count). The van der Waals surface area contributed by atoms with Crippen molar-refractivity contribution >= 4 is 0 Å². The lowest BCUT2D eigenvalue weighted by Gasteiger charge is -2.14. The zero-order valence-corrected chi connectivity index (χ0v) is 10.9. The van der Waals surface area contributed by atoms with Crippen LogP contribution in [0.1, 0.15) is 41.5 Å². The number of ether oxygens (including phenoxy) is 2. The van der Waals surface area contributed by atoms with Gasteiger partial charge in [-0.25, -0.2) is 0 Å². The van der Waals surface area contributed by atoms with Crippen LogP contribution in [0.15, 0.2) is 0 Å². The maximum atomic E-state index is 4.94. The first-order valence-corrected chi connectivity index (χ1v) is 4.66. The monoisotopic (exact) mass is 192 g/mol. The lowest BCUT2D eigenvalue weighted by atomic mass is 10.2. The smallest absolute Gasteiger partial charge is 0.0594 e. The summed E-state index contributed by atoms with van der Waals surface area (Å²) in [5, 5.41) is 0. The number of rotatable bonds is 0. The highest BCUT2D eigenvalue weighted by Crippen LogP contribution is 2.02. The summed E-state index contributed by atoms with van der Waals surface area (Å²) < 4.78 is 9.19. The van der Waals surface area contributed by atoms with Crippen LogP contribution in [0.3, 0.4) is 0 Å². The molecule has 0 aromatic carbocycles. The Bertz CT molecular complexity index is 69.9. The Kier molecular flexibility index (Phi) is 17.1. The van der Waals surface area contributed by atoms with Crippen molar-refractivity contribution in [2.45, 2.75) is 47.1 Å². The van der Waals surface area contributed by atoms with Crippen LogP contribution in [-0.2, 0) is 9.47 Å². The predicted molar refractivity (Wildman–Crippen MR) is 60.2 cm³/mol. The molecule has 0 saturated heterocycles. The van der Waals surface area contributed by atoms with Gasteiger partial charge in [-0.3, -0.25) is 0 Å². The standard InChI is InChI=1S/C5H12O.C4H10.C2H6O/c1-5(2,3)6-4;1-4(2)3;1-3-2/h1-4H3;4H,1-3H3;1-2H3. The van der Waals surface area contributed by atoms with Gasteiger partial charge < -0.3 is 9.47 Å². The van der Waals surface area contributed by atoms with Crippen molar-refractivity contribution in [1.29, 1.82) is 0 Å². The fourth-order valence-corrected chi connectivity index (χ4v) is 0. The Hall–Kier alpha value is -0.0800. The van der Waals surface area contributed by atoms with Crippen LogP contribution in [0.2, 0.25) is 0 Å². The summed E-state index contributed by atoms with van der Waals surface area (Å²) in [5.74, 6) is 0.833. The number of hydrogen-bond donors (Lipinski definition) is 0. The average molecular weight is 192 g/mol. The molecular formula is C11H28O2. The Balaban J connectivity index is -0.000000125. The van der Waals surface area contributed by atoms with Crippen LogP contribution >= 0.6 is 0 Å². The summed E-state index contributed by atoms with van der Waals surface area (Å²) in [6.45, 7) is 12.6. The molecular weight excluding hydrogens is 164 g/mol. The Morgan fingerprint density at radius 1 is 0.846 bits per heavy atom. The van der Waals surface area contributed by atoms with Gasteiger partial charge in [0.2, 0.25) is 0 Å². The van der Waals surface area contributed by atoms with E-state index in [-0.39, 0.29) is 5.60 Å². The average Bonchev–Trinajstić information content (AvgIpc) is 1.86. The molecule has 0 saturated carbocycles. The largest absolute Gasteiger partial charge is 0.388 e. The van der Waals surface area contributed by atoms with Gasteiger partial charge in [-0.15, -0.1) is 0 Å². The van der Waals surface area contributed by atoms with Crippen molar-refractivity contribution in [2.75, 3.05) is 21.3 Å². The van der Waals surface area contributed by atoms with E-state index >= 15 is 0 Å². The first-order chi connectivity index (χ1) is 5.71. The molecule has 2 heteroatoms. The third kappa shape index (κ3) is 138. The van der Waals surface area contributed by atoms with Gasteiger partial charge in [-0.2, -0.15) is 0 Å². The maximum Gasteiger partial charge on any atom is 0.0594 e. The molecule has 0 bridgehead atoms. The van der Waals surface area contributed by atoms with E-state index in [4.69, 9.17) is 4.74 Å². The summed E-state index contributed by atoms with van der Waals surface area (Å²) >= 11 is 0. The third-order valence-corrected chi connectivity index (χ3v) is 0.612. The van der Waals surface area contributed by atoms with Crippen LogP contribution in [0.25, 0.3) is 0 Å². The Morgan fingerprint density at radius 2 is 0.923 bits per heavy atom. The van der Waals surface area contributed by atoms with E-state index in [0.29, 0.717) is 0 Å². The van der Waals surface area contributed by atoms with Gasteiger partial charge >= 0.3 is 0 Å². The van der Waals surface area contributed by atoms with Crippen LogP contribution < -0.4 is 0 Å². The molecule has 0 aliphatic rings. The second-order valence-electron chi connectivity index (χ2n) is 4.46. The fourth-order valence-electron chi connectivity index (χ4n) is 0. The molecule has 0 aromatic heterocycles. The van der Waals surface area contributed by atoms with Crippen molar-refractivity contribution in [3.8, 4) is 0 Å². The molecule has 0 spiro atoms. The van der Waals surface area contributed by atoms with Gasteiger partial charge in [0.05, 0.1) is 5.60 Å². The maximum absolute atomic E-state index is 4.94. The quantitative estimate of drug-likeness (QED) is 0.586.